The van der Waals surface area contributed by atoms with Crippen LogP contribution in [0.3, 0.4) is 0 Å². The summed E-state index contributed by atoms with van der Waals surface area (Å²) in [6, 6.07) is 5.29. The summed E-state index contributed by atoms with van der Waals surface area (Å²) in [5.41, 5.74) is 0.418. The lowest BCUT2D eigenvalue weighted by molar-refractivity contribution is -0.135. The largest absolute Gasteiger partial charge is 0.508 e. The molecule has 1 unspecified atom stereocenters. The first kappa shape index (κ1) is 14.8. The molecule has 0 bridgehead atoms. The quantitative estimate of drug-likeness (QED) is 0.758. The van der Waals surface area contributed by atoms with E-state index in [1.165, 1.54) is 24.3 Å². The molecule has 0 aromatic heterocycles. The lowest BCUT2D eigenvalue weighted by atomic mass is 10.2. The summed E-state index contributed by atoms with van der Waals surface area (Å²) < 4.78 is 0. The smallest absolute Gasteiger partial charge is 0.323 e. The SMILES string of the molecule is CCC(C)NC(=O)N(CC(=O)O)c1ccc(O)cc1. The van der Waals surface area contributed by atoms with Gasteiger partial charge < -0.3 is 15.5 Å². The highest BCUT2D eigenvalue weighted by molar-refractivity contribution is 5.96. The monoisotopic (exact) mass is 266 g/mol. The van der Waals surface area contributed by atoms with Crippen molar-refractivity contribution in [1.82, 2.24) is 5.32 Å². The summed E-state index contributed by atoms with van der Waals surface area (Å²) in [6.07, 6.45) is 0.752. The van der Waals surface area contributed by atoms with Gasteiger partial charge in [0.2, 0.25) is 0 Å². The summed E-state index contributed by atoms with van der Waals surface area (Å²) in [7, 11) is 0. The molecule has 2 amide bonds. The Morgan fingerprint density at radius 1 is 1.32 bits per heavy atom. The van der Waals surface area contributed by atoms with Crippen molar-refractivity contribution in [1.29, 1.82) is 0 Å². The normalized spacial score (nSPS) is 11.7. The second kappa shape index (κ2) is 6.63. The first-order valence-corrected chi connectivity index (χ1v) is 6.03. The molecule has 0 radical (unpaired) electrons. The Bertz CT molecular complexity index is 444. The molecule has 0 saturated heterocycles. The van der Waals surface area contributed by atoms with E-state index in [1.807, 2.05) is 13.8 Å². The molecule has 1 rings (SSSR count). The van der Waals surface area contributed by atoms with Crippen LogP contribution in [-0.4, -0.2) is 34.8 Å². The van der Waals surface area contributed by atoms with Crippen LogP contribution in [0.25, 0.3) is 0 Å². The van der Waals surface area contributed by atoms with E-state index in [1.54, 1.807) is 0 Å². The zero-order chi connectivity index (χ0) is 14.4. The van der Waals surface area contributed by atoms with Crippen molar-refractivity contribution in [2.24, 2.45) is 0 Å². The highest BCUT2D eigenvalue weighted by atomic mass is 16.4. The molecule has 6 heteroatoms. The van der Waals surface area contributed by atoms with Crippen molar-refractivity contribution >= 4 is 17.7 Å². The average Bonchev–Trinajstić information content (AvgIpc) is 2.36. The summed E-state index contributed by atoms with van der Waals surface area (Å²) in [5, 5.41) is 20.8. The van der Waals surface area contributed by atoms with Crippen LogP contribution in [0.5, 0.6) is 5.75 Å². The minimum absolute atomic E-state index is 0.0408. The first-order chi connectivity index (χ1) is 8.93. The van der Waals surface area contributed by atoms with Crippen molar-refractivity contribution in [2.45, 2.75) is 26.3 Å². The maximum absolute atomic E-state index is 12.0. The first-order valence-electron chi connectivity index (χ1n) is 6.03. The Hall–Kier alpha value is -2.24. The number of nitrogens with one attached hydrogen (secondary N) is 1. The second-order valence-electron chi connectivity index (χ2n) is 4.26. The Balaban J connectivity index is 2.91. The molecule has 0 saturated carbocycles. The van der Waals surface area contributed by atoms with E-state index in [-0.39, 0.29) is 11.8 Å². The van der Waals surface area contributed by atoms with Crippen LogP contribution < -0.4 is 10.2 Å². The number of amides is 2. The van der Waals surface area contributed by atoms with E-state index in [9.17, 15) is 14.7 Å². The number of benzene rings is 1. The Kier molecular flexibility index (Phi) is 5.17. The molecular weight excluding hydrogens is 248 g/mol. The van der Waals surface area contributed by atoms with Gasteiger partial charge in [0.05, 0.1) is 0 Å². The third-order valence-corrected chi connectivity index (χ3v) is 2.68. The van der Waals surface area contributed by atoms with Gasteiger partial charge in [-0.1, -0.05) is 6.92 Å². The number of nitrogens with zero attached hydrogens (tertiary/aromatic N) is 1. The zero-order valence-corrected chi connectivity index (χ0v) is 11.0. The molecule has 0 aliphatic rings. The average molecular weight is 266 g/mol. The van der Waals surface area contributed by atoms with Crippen molar-refractivity contribution in [2.75, 3.05) is 11.4 Å². The number of urea groups is 1. The van der Waals surface area contributed by atoms with Crippen LogP contribution in [0.4, 0.5) is 10.5 Å². The molecule has 6 nitrogen and oxygen atoms in total. The number of anilines is 1. The number of rotatable bonds is 5. The maximum Gasteiger partial charge on any atom is 0.323 e. The molecule has 1 atom stereocenters. The van der Waals surface area contributed by atoms with Gasteiger partial charge in [-0.05, 0) is 37.6 Å². The molecule has 1 aromatic rings. The Morgan fingerprint density at radius 3 is 2.37 bits per heavy atom. The van der Waals surface area contributed by atoms with E-state index in [0.717, 1.165) is 11.3 Å². The fourth-order valence-corrected chi connectivity index (χ4v) is 1.44. The van der Waals surface area contributed by atoms with Gasteiger partial charge in [-0.3, -0.25) is 9.69 Å². The summed E-state index contributed by atoms with van der Waals surface area (Å²) in [6.45, 7) is 3.33. The molecule has 0 spiro atoms. The van der Waals surface area contributed by atoms with Gasteiger partial charge in [0.1, 0.15) is 12.3 Å². The molecule has 104 valence electrons. The van der Waals surface area contributed by atoms with Crippen molar-refractivity contribution < 1.29 is 19.8 Å². The Morgan fingerprint density at radius 2 is 1.89 bits per heavy atom. The number of hydrogen-bond donors (Lipinski definition) is 3. The number of carbonyl (C=O) groups is 2. The second-order valence-corrected chi connectivity index (χ2v) is 4.26. The van der Waals surface area contributed by atoms with Crippen LogP contribution >= 0.6 is 0 Å². The van der Waals surface area contributed by atoms with E-state index < -0.39 is 18.5 Å². The minimum Gasteiger partial charge on any atom is -0.508 e. The number of carbonyl (C=O) groups excluding carboxylic acids is 1. The van der Waals surface area contributed by atoms with Gasteiger partial charge in [0, 0.05) is 11.7 Å². The summed E-state index contributed by atoms with van der Waals surface area (Å²) in [5.74, 6) is -1.05. The number of aliphatic carboxylic acids is 1. The molecular formula is C13H18N2O4. The van der Waals surface area contributed by atoms with Crippen molar-refractivity contribution in [3.8, 4) is 5.75 Å². The van der Waals surface area contributed by atoms with Crippen LogP contribution in [0.15, 0.2) is 24.3 Å². The van der Waals surface area contributed by atoms with Gasteiger partial charge in [-0.2, -0.15) is 0 Å². The number of carboxylic acid groups (broad SMARTS) is 1. The Labute approximate surface area is 111 Å². The van der Waals surface area contributed by atoms with Crippen molar-refractivity contribution in [3.63, 3.8) is 0 Å². The standard InChI is InChI=1S/C13H18N2O4/c1-3-9(2)14-13(19)15(8-12(17)18)10-4-6-11(16)7-5-10/h4-7,9,16H,3,8H2,1-2H3,(H,14,19)(H,17,18). The molecule has 1 aromatic carbocycles. The van der Waals surface area contributed by atoms with Gasteiger partial charge in [-0.15, -0.1) is 0 Å². The zero-order valence-electron chi connectivity index (χ0n) is 11.0. The van der Waals surface area contributed by atoms with Crippen molar-refractivity contribution in [3.05, 3.63) is 24.3 Å². The summed E-state index contributed by atoms with van der Waals surface area (Å²) in [4.78, 5) is 24.0. The third kappa shape index (κ3) is 4.50. The summed E-state index contributed by atoms with van der Waals surface area (Å²) >= 11 is 0. The van der Waals surface area contributed by atoms with E-state index in [4.69, 9.17) is 5.11 Å². The van der Waals surface area contributed by atoms with Gasteiger partial charge in [0.25, 0.3) is 0 Å². The molecule has 0 fully saturated rings. The number of phenolic OH excluding ortho intramolecular Hbond substituents is 1. The molecule has 19 heavy (non-hydrogen) atoms. The number of aromatic hydroxyl groups is 1. The molecule has 3 N–H and O–H groups in total. The molecule has 0 aliphatic carbocycles. The van der Waals surface area contributed by atoms with E-state index >= 15 is 0 Å². The van der Waals surface area contributed by atoms with Crippen LogP contribution in [0.1, 0.15) is 20.3 Å². The molecule has 0 heterocycles. The van der Waals surface area contributed by atoms with Crippen LogP contribution in [0.2, 0.25) is 0 Å². The number of hydrogen-bond acceptors (Lipinski definition) is 3. The van der Waals surface area contributed by atoms with E-state index in [2.05, 4.69) is 5.32 Å². The highest BCUT2D eigenvalue weighted by Gasteiger charge is 2.19. The lowest BCUT2D eigenvalue weighted by Crippen LogP contribution is -2.46. The fraction of sp³-hybridized carbons (Fsp3) is 0.385. The fourth-order valence-electron chi connectivity index (χ4n) is 1.44. The topological polar surface area (TPSA) is 89.9 Å². The van der Waals surface area contributed by atoms with Crippen LogP contribution in [-0.2, 0) is 4.79 Å². The highest BCUT2D eigenvalue weighted by Crippen LogP contribution is 2.18. The third-order valence-electron chi connectivity index (χ3n) is 2.68. The van der Waals surface area contributed by atoms with Gasteiger partial charge >= 0.3 is 12.0 Å². The van der Waals surface area contributed by atoms with E-state index in [0.29, 0.717) is 5.69 Å². The molecule has 0 aliphatic heterocycles. The number of carboxylic acids is 1. The van der Waals surface area contributed by atoms with Gasteiger partial charge in [0.15, 0.2) is 0 Å². The number of phenols is 1. The maximum atomic E-state index is 12.0. The lowest BCUT2D eigenvalue weighted by Gasteiger charge is -2.23. The predicted octanol–water partition coefficient (Wildman–Crippen LogP) is 1.79. The van der Waals surface area contributed by atoms with Crippen LogP contribution in [0, 0.1) is 0 Å². The van der Waals surface area contributed by atoms with Gasteiger partial charge in [-0.25, -0.2) is 4.79 Å². The minimum atomic E-state index is -1.10. The predicted molar refractivity (Wildman–Crippen MR) is 71.4 cm³/mol.